The van der Waals surface area contributed by atoms with Crippen molar-refractivity contribution >= 4 is 17.2 Å². The van der Waals surface area contributed by atoms with Gasteiger partial charge in [0, 0.05) is 24.6 Å². The topological polar surface area (TPSA) is 54.0 Å². The van der Waals surface area contributed by atoms with E-state index in [1.807, 2.05) is 44.5 Å². The quantitative estimate of drug-likeness (QED) is 0.891. The first-order valence-electron chi connectivity index (χ1n) is 7.17. The van der Waals surface area contributed by atoms with Gasteiger partial charge in [0.15, 0.2) is 0 Å². The zero-order valence-electron chi connectivity index (χ0n) is 12.7. The van der Waals surface area contributed by atoms with Gasteiger partial charge in [-0.15, -0.1) is 0 Å². The second-order valence-electron chi connectivity index (χ2n) is 4.96. The Kier molecular flexibility index (Phi) is 4.93. The molecular weight excluding hydrogens is 262 g/mol. The van der Waals surface area contributed by atoms with Gasteiger partial charge < -0.3 is 10.6 Å². The van der Waals surface area contributed by atoms with Crippen LogP contribution < -0.4 is 10.6 Å². The summed E-state index contributed by atoms with van der Waals surface area (Å²) in [4.78, 5) is 15.7. The van der Waals surface area contributed by atoms with Gasteiger partial charge in [-0.3, -0.25) is 9.78 Å². The maximum Gasteiger partial charge on any atom is 0.228 e. The second kappa shape index (κ2) is 6.88. The van der Waals surface area contributed by atoms with Crippen LogP contribution in [-0.4, -0.2) is 17.4 Å². The predicted octanol–water partition coefficient (Wildman–Crippen LogP) is 3.27. The molecule has 2 rings (SSSR count). The van der Waals surface area contributed by atoms with Crippen molar-refractivity contribution in [1.29, 1.82) is 0 Å². The van der Waals surface area contributed by atoms with Crippen molar-refractivity contribution in [2.75, 3.05) is 11.9 Å². The highest BCUT2D eigenvalue weighted by molar-refractivity contribution is 5.87. The minimum Gasteiger partial charge on any atom is -0.384 e. The molecule has 0 spiro atoms. The van der Waals surface area contributed by atoms with Gasteiger partial charge in [-0.2, -0.15) is 0 Å². The largest absolute Gasteiger partial charge is 0.384 e. The van der Waals surface area contributed by atoms with Crippen molar-refractivity contribution < 1.29 is 4.79 Å². The normalized spacial score (nSPS) is 19.2. The third kappa shape index (κ3) is 3.81. The summed E-state index contributed by atoms with van der Waals surface area (Å²) in [5.74, 6) is 0.0520. The molecule has 0 aromatic carbocycles. The van der Waals surface area contributed by atoms with Crippen molar-refractivity contribution in [3.63, 3.8) is 0 Å². The minimum atomic E-state index is 0.0520. The highest BCUT2D eigenvalue weighted by Crippen LogP contribution is 2.21. The van der Waals surface area contributed by atoms with Crippen LogP contribution in [0.25, 0.3) is 5.57 Å². The van der Waals surface area contributed by atoms with Gasteiger partial charge in [-0.05, 0) is 49.6 Å². The van der Waals surface area contributed by atoms with E-state index in [1.54, 1.807) is 0 Å². The summed E-state index contributed by atoms with van der Waals surface area (Å²) in [6.07, 6.45) is 10.1. The molecule has 4 nitrogen and oxygen atoms in total. The third-order valence-corrected chi connectivity index (χ3v) is 3.39. The van der Waals surface area contributed by atoms with Crippen LogP contribution in [-0.2, 0) is 4.79 Å². The molecule has 21 heavy (non-hydrogen) atoms. The van der Waals surface area contributed by atoms with E-state index in [0.717, 1.165) is 34.6 Å². The fourth-order valence-electron chi connectivity index (χ4n) is 2.21. The number of rotatable bonds is 4. The summed E-state index contributed by atoms with van der Waals surface area (Å²) >= 11 is 0. The van der Waals surface area contributed by atoms with Gasteiger partial charge in [-0.25, -0.2) is 0 Å². The Morgan fingerprint density at radius 2 is 2.29 bits per heavy atom. The minimum absolute atomic E-state index is 0.0520. The van der Waals surface area contributed by atoms with Gasteiger partial charge in [0.05, 0.1) is 12.1 Å². The number of anilines is 1. The molecule has 1 fully saturated rings. The first kappa shape index (κ1) is 15.0. The third-order valence-electron chi connectivity index (χ3n) is 3.39. The highest BCUT2D eigenvalue weighted by atomic mass is 16.1. The molecule has 4 heteroatoms. The second-order valence-corrected chi connectivity index (χ2v) is 4.96. The Bertz CT molecular complexity index is 627. The molecule has 1 aliphatic heterocycles. The Balaban J connectivity index is 2.21. The molecule has 1 aromatic rings. The van der Waals surface area contributed by atoms with Gasteiger partial charge in [0.2, 0.25) is 5.91 Å². The Hall–Kier alpha value is -2.36. The lowest BCUT2D eigenvalue weighted by Crippen LogP contribution is -2.11. The van der Waals surface area contributed by atoms with Gasteiger partial charge >= 0.3 is 0 Å². The molecule has 0 unspecified atom stereocenters. The summed E-state index contributed by atoms with van der Waals surface area (Å²) in [5.41, 5.74) is 5.11. The van der Waals surface area contributed by atoms with E-state index in [1.165, 1.54) is 0 Å². The van der Waals surface area contributed by atoms with Crippen molar-refractivity contribution in [1.82, 2.24) is 10.3 Å². The van der Waals surface area contributed by atoms with Crippen LogP contribution >= 0.6 is 0 Å². The fraction of sp³-hybridized carbons (Fsp3) is 0.294. The smallest absolute Gasteiger partial charge is 0.228 e. The zero-order valence-corrected chi connectivity index (χ0v) is 12.7. The molecular formula is C17H21N3O. The van der Waals surface area contributed by atoms with Crippen LogP contribution in [0.2, 0.25) is 0 Å². The standard InChI is InChI=1S/C17H21N3O/c1-4-13-9-17(21)20-16(13)7-6-12(3)14-8-15(19-5-2)11-18-10-14/h4,6-8,10-11,19H,5,9H2,1-3H3,(H,20,21)/b12-6+,13-4-,16-7+. The van der Waals surface area contributed by atoms with Gasteiger partial charge in [0.25, 0.3) is 0 Å². The number of carbonyl (C=O) groups is 1. The Morgan fingerprint density at radius 3 is 3.00 bits per heavy atom. The first-order valence-corrected chi connectivity index (χ1v) is 7.17. The summed E-state index contributed by atoms with van der Waals surface area (Å²) in [6.45, 7) is 6.91. The Labute approximate surface area is 125 Å². The van der Waals surface area contributed by atoms with Gasteiger partial charge in [-0.1, -0.05) is 12.2 Å². The number of nitrogens with zero attached hydrogens (tertiary/aromatic N) is 1. The molecule has 2 N–H and O–H groups in total. The predicted molar refractivity (Wildman–Crippen MR) is 86.7 cm³/mol. The molecule has 1 aromatic heterocycles. The van der Waals surface area contributed by atoms with Crippen LogP contribution in [0.5, 0.6) is 0 Å². The summed E-state index contributed by atoms with van der Waals surface area (Å²) in [6, 6.07) is 2.07. The average Bonchev–Trinajstić information content (AvgIpc) is 2.85. The number of allylic oxidation sites excluding steroid dienone is 5. The molecule has 2 heterocycles. The average molecular weight is 283 g/mol. The lowest BCUT2D eigenvalue weighted by atomic mass is 10.1. The zero-order chi connectivity index (χ0) is 15.2. The van der Waals surface area contributed by atoms with Crippen molar-refractivity contribution in [3.8, 4) is 0 Å². The van der Waals surface area contributed by atoms with Crippen LogP contribution in [0.1, 0.15) is 32.8 Å². The van der Waals surface area contributed by atoms with Crippen LogP contribution in [0.3, 0.4) is 0 Å². The molecule has 0 bridgehead atoms. The van der Waals surface area contributed by atoms with Crippen molar-refractivity contribution in [2.45, 2.75) is 27.2 Å². The van der Waals surface area contributed by atoms with Gasteiger partial charge in [0.1, 0.15) is 0 Å². The van der Waals surface area contributed by atoms with E-state index in [9.17, 15) is 4.79 Å². The van der Waals surface area contributed by atoms with E-state index in [0.29, 0.717) is 6.42 Å². The molecule has 0 atom stereocenters. The maximum absolute atomic E-state index is 11.4. The van der Waals surface area contributed by atoms with Crippen LogP contribution in [0, 0.1) is 0 Å². The molecule has 1 aliphatic rings. The number of hydrogen-bond donors (Lipinski definition) is 2. The van der Waals surface area contributed by atoms with Crippen molar-refractivity contribution in [2.24, 2.45) is 0 Å². The van der Waals surface area contributed by atoms with E-state index < -0.39 is 0 Å². The van der Waals surface area contributed by atoms with E-state index >= 15 is 0 Å². The molecule has 0 saturated carbocycles. The highest BCUT2D eigenvalue weighted by Gasteiger charge is 2.18. The fourth-order valence-corrected chi connectivity index (χ4v) is 2.21. The lowest BCUT2D eigenvalue weighted by molar-refractivity contribution is -0.118. The summed E-state index contributed by atoms with van der Waals surface area (Å²) in [5, 5.41) is 6.13. The molecule has 1 saturated heterocycles. The molecule has 0 radical (unpaired) electrons. The first-order chi connectivity index (χ1) is 10.1. The summed E-state index contributed by atoms with van der Waals surface area (Å²) < 4.78 is 0. The van der Waals surface area contributed by atoms with E-state index in [4.69, 9.17) is 0 Å². The number of aromatic nitrogens is 1. The van der Waals surface area contributed by atoms with E-state index in [2.05, 4.69) is 28.6 Å². The lowest BCUT2D eigenvalue weighted by Gasteiger charge is -2.06. The number of pyridine rings is 1. The van der Waals surface area contributed by atoms with Crippen LogP contribution in [0.15, 0.2) is 48.0 Å². The monoisotopic (exact) mass is 283 g/mol. The summed E-state index contributed by atoms with van der Waals surface area (Å²) in [7, 11) is 0. The van der Waals surface area contributed by atoms with E-state index in [-0.39, 0.29) is 5.91 Å². The number of carbonyl (C=O) groups excluding carboxylic acids is 1. The number of nitrogens with one attached hydrogen (secondary N) is 2. The molecule has 110 valence electrons. The van der Waals surface area contributed by atoms with Crippen LogP contribution in [0.4, 0.5) is 5.69 Å². The number of hydrogen-bond acceptors (Lipinski definition) is 3. The maximum atomic E-state index is 11.4. The molecule has 1 amide bonds. The Morgan fingerprint density at radius 1 is 1.48 bits per heavy atom. The molecule has 0 aliphatic carbocycles. The van der Waals surface area contributed by atoms with Crippen molar-refractivity contribution in [3.05, 3.63) is 53.5 Å². The SMILES string of the molecule is C/C=C1/CC(=O)N/C1=C/C=C(\C)c1cncc(NCC)c1. The number of amides is 1.